The van der Waals surface area contributed by atoms with Crippen molar-refractivity contribution in [1.29, 1.82) is 0 Å². The molecule has 0 fully saturated rings. The van der Waals surface area contributed by atoms with E-state index >= 15 is 0 Å². The average Bonchev–Trinajstić information content (AvgIpc) is 4.06. The van der Waals surface area contributed by atoms with Crippen LogP contribution in [0.2, 0.25) is 0 Å². The molecule has 0 atom stereocenters. The minimum atomic E-state index is -0.491. The van der Waals surface area contributed by atoms with Crippen molar-refractivity contribution < 1.29 is 0 Å². The van der Waals surface area contributed by atoms with Gasteiger partial charge in [-0.25, -0.2) is 0 Å². The highest BCUT2D eigenvalue weighted by Crippen LogP contribution is 2.58. The summed E-state index contributed by atoms with van der Waals surface area (Å²) < 4.78 is 2.52. The van der Waals surface area contributed by atoms with E-state index in [2.05, 4.69) is 313 Å². The lowest BCUT2D eigenvalue weighted by atomic mass is 9.68. The zero-order chi connectivity index (χ0) is 49.7. The summed E-state index contributed by atoms with van der Waals surface area (Å²) in [5, 5.41) is 2.47. The van der Waals surface area contributed by atoms with Gasteiger partial charge in [-0.2, -0.15) is 0 Å². The van der Waals surface area contributed by atoms with Crippen molar-refractivity contribution in [2.75, 3.05) is 4.90 Å². The Kier molecular flexibility index (Phi) is 10.8. The fraction of sp³-hybridized carbons (Fsp3) is 0.0137. The molecular formula is C73H50N2. The van der Waals surface area contributed by atoms with E-state index in [1.165, 1.54) is 94.3 Å². The monoisotopic (exact) mass is 954 g/mol. The number of para-hydroxylation sites is 1. The molecule has 14 rings (SSSR count). The molecule has 0 unspecified atom stereocenters. The molecule has 0 bridgehead atoms. The van der Waals surface area contributed by atoms with Crippen LogP contribution in [-0.4, -0.2) is 4.57 Å². The van der Waals surface area contributed by atoms with E-state index in [4.69, 9.17) is 0 Å². The molecule has 0 saturated heterocycles. The van der Waals surface area contributed by atoms with Crippen molar-refractivity contribution in [1.82, 2.24) is 4.57 Å². The lowest BCUT2D eigenvalue weighted by Gasteiger charge is -2.34. The molecule has 2 nitrogen and oxygen atoms in total. The maximum atomic E-state index is 2.52. The van der Waals surface area contributed by atoms with Crippen molar-refractivity contribution >= 4 is 38.9 Å². The van der Waals surface area contributed by atoms with Crippen LogP contribution >= 0.6 is 0 Å². The molecule has 75 heavy (non-hydrogen) atoms. The fourth-order valence-corrected chi connectivity index (χ4v) is 12.1. The molecule has 0 radical (unpaired) electrons. The average molecular weight is 955 g/mol. The van der Waals surface area contributed by atoms with E-state index in [0.29, 0.717) is 0 Å². The number of benzene rings is 12. The highest BCUT2D eigenvalue weighted by atomic mass is 15.1. The third kappa shape index (κ3) is 7.41. The van der Waals surface area contributed by atoms with Crippen molar-refractivity contribution in [2.45, 2.75) is 5.41 Å². The maximum Gasteiger partial charge on any atom is 0.0714 e. The Bertz CT molecular complexity index is 4090. The van der Waals surface area contributed by atoms with Gasteiger partial charge >= 0.3 is 0 Å². The number of hydrogen-bond donors (Lipinski definition) is 0. The molecule has 12 aromatic carbocycles. The Balaban J connectivity index is 0.871. The van der Waals surface area contributed by atoms with E-state index < -0.39 is 5.41 Å². The van der Waals surface area contributed by atoms with Crippen LogP contribution in [0.15, 0.2) is 303 Å². The van der Waals surface area contributed by atoms with Gasteiger partial charge in [0.1, 0.15) is 0 Å². The highest BCUT2D eigenvalue weighted by Gasteiger charge is 2.47. The Labute approximate surface area is 438 Å². The number of anilines is 3. The van der Waals surface area contributed by atoms with Gasteiger partial charge in [0.2, 0.25) is 0 Å². The Hall–Kier alpha value is -9.76. The molecule has 0 aliphatic heterocycles. The number of aromatic nitrogens is 1. The van der Waals surface area contributed by atoms with Gasteiger partial charge in [0.05, 0.1) is 22.1 Å². The first kappa shape index (κ1) is 44.0. The van der Waals surface area contributed by atoms with Gasteiger partial charge in [0.25, 0.3) is 0 Å². The standard InChI is InChI=1S/C73H50N2/c1-5-21-51(22-6-1)55-25-17-32-61(47-55)74(62-33-18-26-56(48-62)52-23-7-2-8-24-52)63-34-19-27-57(49-63)53-41-43-54(44-42-53)58-45-46-65-64-35-14-16-39-69(64)75(71(65)50-58)70-40-20-38-68-72(70)66-36-13-15-37-67(66)73(68,59-28-9-3-10-29-59)60-30-11-4-12-31-60/h1-50H. The predicted molar refractivity (Wildman–Crippen MR) is 315 cm³/mol. The van der Waals surface area contributed by atoms with Gasteiger partial charge in [-0.1, -0.05) is 249 Å². The van der Waals surface area contributed by atoms with Gasteiger partial charge in [0.15, 0.2) is 0 Å². The van der Waals surface area contributed by atoms with E-state index in [1.807, 2.05) is 0 Å². The van der Waals surface area contributed by atoms with Crippen LogP contribution in [0.25, 0.3) is 83.1 Å². The van der Waals surface area contributed by atoms with E-state index in [0.717, 1.165) is 28.2 Å². The minimum Gasteiger partial charge on any atom is -0.310 e. The van der Waals surface area contributed by atoms with Gasteiger partial charge in [0, 0.05) is 33.4 Å². The molecule has 0 spiro atoms. The molecule has 0 amide bonds. The largest absolute Gasteiger partial charge is 0.310 e. The number of nitrogens with zero attached hydrogens (tertiary/aromatic N) is 2. The summed E-state index contributed by atoms with van der Waals surface area (Å²) in [6, 6.07) is 111. The maximum absolute atomic E-state index is 2.52. The highest BCUT2D eigenvalue weighted by molar-refractivity contribution is 6.11. The molecule has 1 heterocycles. The van der Waals surface area contributed by atoms with Crippen LogP contribution < -0.4 is 4.90 Å². The summed E-state index contributed by atoms with van der Waals surface area (Å²) in [4.78, 5) is 2.38. The summed E-state index contributed by atoms with van der Waals surface area (Å²) in [7, 11) is 0. The summed E-state index contributed by atoms with van der Waals surface area (Å²) in [6.07, 6.45) is 0. The zero-order valence-electron chi connectivity index (χ0n) is 41.3. The predicted octanol–water partition coefficient (Wildman–Crippen LogP) is 19.3. The second kappa shape index (κ2) is 18.4. The first-order chi connectivity index (χ1) is 37.2. The van der Waals surface area contributed by atoms with Crippen LogP contribution in [0, 0.1) is 0 Å². The van der Waals surface area contributed by atoms with E-state index in [1.54, 1.807) is 0 Å². The molecule has 1 aliphatic rings. The molecular weight excluding hydrogens is 905 g/mol. The van der Waals surface area contributed by atoms with Crippen molar-refractivity contribution in [2.24, 2.45) is 0 Å². The number of rotatable bonds is 10. The third-order valence-electron chi connectivity index (χ3n) is 15.5. The van der Waals surface area contributed by atoms with Crippen LogP contribution in [0.1, 0.15) is 22.3 Å². The van der Waals surface area contributed by atoms with E-state index in [9.17, 15) is 0 Å². The molecule has 1 aromatic heterocycles. The molecule has 0 N–H and O–H groups in total. The molecule has 0 saturated carbocycles. The lowest BCUT2D eigenvalue weighted by Crippen LogP contribution is -2.28. The van der Waals surface area contributed by atoms with Crippen LogP contribution in [0.3, 0.4) is 0 Å². The Morgan fingerprint density at radius 1 is 0.267 bits per heavy atom. The normalized spacial score (nSPS) is 12.4. The molecule has 13 aromatic rings. The van der Waals surface area contributed by atoms with Crippen LogP contribution in [-0.2, 0) is 5.41 Å². The van der Waals surface area contributed by atoms with Crippen molar-refractivity contribution in [3.05, 3.63) is 326 Å². The molecule has 352 valence electrons. The smallest absolute Gasteiger partial charge is 0.0714 e. The van der Waals surface area contributed by atoms with Gasteiger partial charge in [-0.3, -0.25) is 0 Å². The Morgan fingerprint density at radius 2 is 0.667 bits per heavy atom. The number of fused-ring (bicyclic) bond motifs is 6. The lowest BCUT2D eigenvalue weighted by molar-refractivity contribution is 0.768. The zero-order valence-corrected chi connectivity index (χ0v) is 41.3. The summed E-state index contributed by atoms with van der Waals surface area (Å²) in [5.74, 6) is 0. The second-order valence-corrected chi connectivity index (χ2v) is 19.6. The first-order valence-corrected chi connectivity index (χ1v) is 25.9. The summed E-state index contributed by atoms with van der Waals surface area (Å²) in [6.45, 7) is 0. The van der Waals surface area contributed by atoms with Gasteiger partial charge in [-0.15, -0.1) is 0 Å². The second-order valence-electron chi connectivity index (χ2n) is 19.6. The quantitative estimate of drug-likeness (QED) is 0.133. The van der Waals surface area contributed by atoms with Crippen LogP contribution in [0.4, 0.5) is 17.1 Å². The Morgan fingerprint density at radius 3 is 1.23 bits per heavy atom. The van der Waals surface area contributed by atoms with Crippen molar-refractivity contribution in [3.63, 3.8) is 0 Å². The number of hydrogen-bond acceptors (Lipinski definition) is 1. The van der Waals surface area contributed by atoms with Crippen LogP contribution in [0.5, 0.6) is 0 Å². The first-order valence-electron chi connectivity index (χ1n) is 25.9. The molecule has 2 heteroatoms. The summed E-state index contributed by atoms with van der Waals surface area (Å²) in [5.41, 5.74) is 23.4. The topological polar surface area (TPSA) is 8.17 Å². The van der Waals surface area contributed by atoms with Gasteiger partial charge < -0.3 is 9.47 Å². The van der Waals surface area contributed by atoms with Crippen molar-refractivity contribution in [3.8, 4) is 61.3 Å². The van der Waals surface area contributed by atoms with E-state index in [-0.39, 0.29) is 0 Å². The molecule has 1 aliphatic carbocycles. The SMILES string of the molecule is c1ccc(-c2cccc(N(c3cccc(-c4ccccc4)c3)c3cccc(-c4ccc(-c5ccc6c7ccccc7n(-c7cccc8c7-c7ccccc7C8(c7ccccc7)c7ccccc7)c6c5)cc4)c3)c2)cc1. The fourth-order valence-electron chi connectivity index (χ4n) is 12.1. The summed E-state index contributed by atoms with van der Waals surface area (Å²) >= 11 is 0. The van der Waals surface area contributed by atoms with Gasteiger partial charge in [-0.05, 0) is 127 Å². The minimum absolute atomic E-state index is 0.491. The third-order valence-corrected chi connectivity index (χ3v) is 15.5.